The lowest BCUT2D eigenvalue weighted by Gasteiger charge is -2.35. The molecule has 0 aromatic heterocycles. The van der Waals surface area contributed by atoms with Crippen molar-refractivity contribution >= 4 is 11.6 Å². The smallest absolute Gasteiger partial charge is 0.241 e. The van der Waals surface area contributed by atoms with Gasteiger partial charge in [0, 0.05) is 13.2 Å². The van der Waals surface area contributed by atoms with E-state index in [0.717, 1.165) is 25.9 Å². The summed E-state index contributed by atoms with van der Waals surface area (Å²) in [4.78, 5) is 14.6. The fourth-order valence-electron chi connectivity index (χ4n) is 2.85. The molecular formula is C17H26N2O3. The number of ether oxygens (including phenoxy) is 1. The summed E-state index contributed by atoms with van der Waals surface area (Å²) in [5, 5.41) is 12.3. The number of carbonyl (C=O) groups is 1. The van der Waals surface area contributed by atoms with Crippen LogP contribution in [0.2, 0.25) is 0 Å². The van der Waals surface area contributed by atoms with E-state index in [0.29, 0.717) is 18.0 Å². The van der Waals surface area contributed by atoms with Gasteiger partial charge in [0.15, 0.2) is 0 Å². The van der Waals surface area contributed by atoms with Crippen LogP contribution in [0.5, 0.6) is 5.75 Å². The van der Waals surface area contributed by atoms with Crippen molar-refractivity contribution in [2.24, 2.45) is 5.92 Å². The van der Waals surface area contributed by atoms with Crippen LogP contribution in [0.1, 0.15) is 26.7 Å². The monoisotopic (exact) mass is 306 g/mol. The summed E-state index contributed by atoms with van der Waals surface area (Å²) in [5.74, 6) is 0.933. The van der Waals surface area contributed by atoms with Crippen molar-refractivity contribution in [3.63, 3.8) is 0 Å². The van der Waals surface area contributed by atoms with Crippen LogP contribution in [0, 0.1) is 5.92 Å². The molecule has 1 heterocycles. The van der Waals surface area contributed by atoms with Crippen LogP contribution >= 0.6 is 0 Å². The Hall–Kier alpha value is -1.59. The summed E-state index contributed by atoms with van der Waals surface area (Å²) in [6.45, 7) is 6.27. The Morgan fingerprint density at radius 2 is 2.27 bits per heavy atom. The number of amides is 1. The minimum atomic E-state index is -0.218. The topological polar surface area (TPSA) is 61.8 Å². The lowest BCUT2D eigenvalue weighted by molar-refractivity contribution is -0.121. The van der Waals surface area contributed by atoms with Gasteiger partial charge in [0.1, 0.15) is 5.75 Å². The van der Waals surface area contributed by atoms with Gasteiger partial charge in [-0.15, -0.1) is 0 Å². The molecule has 2 rings (SSSR count). The van der Waals surface area contributed by atoms with Crippen molar-refractivity contribution < 1.29 is 14.6 Å². The molecule has 2 unspecified atom stereocenters. The second-order valence-electron chi connectivity index (χ2n) is 5.78. The number of likely N-dealkylation sites (tertiary alicyclic amines) is 1. The molecule has 0 bridgehead atoms. The second kappa shape index (κ2) is 8.15. The van der Waals surface area contributed by atoms with E-state index in [1.807, 2.05) is 38.1 Å². The molecule has 0 radical (unpaired) electrons. The van der Waals surface area contributed by atoms with E-state index >= 15 is 0 Å². The normalized spacial score (nSPS) is 20.4. The molecule has 1 saturated heterocycles. The highest BCUT2D eigenvalue weighted by atomic mass is 16.5. The van der Waals surface area contributed by atoms with E-state index in [9.17, 15) is 9.90 Å². The first-order chi connectivity index (χ1) is 10.7. The van der Waals surface area contributed by atoms with Crippen molar-refractivity contribution in [1.82, 2.24) is 4.90 Å². The average molecular weight is 306 g/mol. The maximum atomic E-state index is 12.5. The summed E-state index contributed by atoms with van der Waals surface area (Å²) < 4.78 is 5.54. The van der Waals surface area contributed by atoms with Crippen molar-refractivity contribution in [3.05, 3.63) is 24.3 Å². The lowest BCUT2D eigenvalue weighted by Crippen LogP contribution is -2.47. The number of carbonyl (C=O) groups excluding carboxylic acids is 1. The van der Waals surface area contributed by atoms with E-state index in [2.05, 4.69) is 10.2 Å². The zero-order valence-electron chi connectivity index (χ0n) is 13.4. The second-order valence-corrected chi connectivity index (χ2v) is 5.78. The number of hydrogen-bond acceptors (Lipinski definition) is 4. The molecule has 1 amide bonds. The molecule has 1 aliphatic heterocycles. The van der Waals surface area contributed by atoms with Crippen LogP contribution in [0.15, 0.2) is 24.3 Å². The van der Waals surface area contributed by atoms with Crippen molar-refractivity contribution in [2.75, 3.05) is 31.6 Å². The number of anilines is 1. The molecule has 1 aromatic rings. The molecular weight excluding hydrogens is 280 g/mol. The van der Waals surface area contributed by atoms with Gasteiger partial charge in [-0.3, -0.25) is 9.69 Å². The van der Waals surface area contributed by atoms with Gasteiger partial charge in [0.2, 0.25) is 5.91 Å². The highest BCUT2D eigenvalue weighted by Crippen LogP contribution is 2.25. The largest absolute Gasteiger partial charge is 0.492 e. The van der Waals surface area contributed by atoms with Crippen molar-refractivity contribution in [3.8, 4) is 5.75 Å². The quantitative estimate of drug-likeness (QED) is 0.845. The van der Waals surface area contributed by atoms with Crippen LogP contribution < -0.4 is 10.1 Å². The molecule has 2 atom stereocenters. The Morgan fingerprint density at radius 3 is 3.00 bits per heavy atom. The number of nitrogens with one attached hydrogen (secondary N) is 1. The summed E-state index contributed by atoms with van der Waals surface area (Å²) in [6, 6.07) is 7.25. The Kier molecular flexibility index (Phi) is 6.21. The Bertz CT molecular complexity index is 493. The third-order valence-corrected chi connectivity index (χ3v) is 4.18. The van der Waals surface area contributed by atoms with Crippen LogP contribution in [-0.2, 0) is 4.79 Å². The molecule has 5 nitrogen and oxygen atoms in total. The Morgan fingerprint density at radius 1 is 1.50 bits per heavy atom. The standard InChI is InChI=1S/C17H26N2O3/c1-3-22-16-9-5-4-8-15(16)18-17(21)13(2)19-10-6-7-14(11-19)12-20/h4-5,8-9,13-14,20H,3,6-7,10-12H2,1-2H3,(H,18,21). The number of aliphatic hydroxyl groups excluding tert-OH is 1. The molecule has 0 saturated carbocycles. The number of rotatable bonds is 6. The fourth-order valence-corrected chi connectivity index (χ4v) is 2.85. The van der Waals surface area contributed by atoms with Crippen molar-refractivity contribution in [1.29, 1.82) is 0 Å². The van der Waals surface area contributed by atoms with E-state index in [1.54, 1.807) is 0 Å². The van der Waals surface area contributed by atoms with Crippen LogP contribution in [-0.4, -0.2) is 48.3 Å². The third kappa shape index (κ3) is 4.21. The van der Waals surface area contributed by atoms with Gasteiger partial charge in [0.05, 0.1) is 18.3 Å². The van der Waals surface area contributed by atoms with Gasteiger partial charge in [0.25, 0.3) is 0 Å². The number of para-hydroxylation sites is 2. The molecule has 1 aliphatic rings. The molecule has 5 heteroatoms. The molecule has 22 heavy (non-hydrogen) atoms. The average Bonchev–Trinajstić information content (AvgIpc) is 2.56. The first-order valence-corrected chi connectivity index (χ1v) is 8.03. The molecule has 122 valence electrons. The predicted octanol–water partition coefficient (Wildman–Crippen LogP) is 2.12. The first-order valence-electron chi connectivity index (χ1n) is 8.03. The maximum Gasteiger partial charge on any atom is 0.241 e. The van der Waals surface area contributed by atoms with Crippen LogP contribution in [0.4, 0.5) is 5.69 Å². The number of aliphatic hydroxyl groups is 1. The molecule has 0 spiro atoms. The van der Waals surface area contributed by atoms with Gasteiger partial charge in [-0.25, -0.2) is 0 Å². The van der Waals surface area contributed by atoms with E-state index in [-0.39, 0.29) is 24.5 Å². The van der Waals surface area contributed by atoms with Gasteiger partial charge < -0.3 is 15.2 Å². The minimum Gasteiger partial charge on any atom is -0.492 e. The highest BCUT2D eigenvalue weighted by Gasteiger charge is 2.27. The number of piperidine rings is 1. The summed E-state index contributed by atoms with van der Waals surface area (Å²) >= 11 is 0. The first kappa shape index (κ1) is 16.8. The lowest BCUT2D eigenvalue weighted by atomic mass is 9.97. The van der Waals surface area contributed by atoms with E-state index in [1.165, 1.54) is 0 Å². The number of nitrogens with zero attached hydrogens (tertiary/aromatic N) is 1. The number of benzene rings is 1. The van der Waals surface area contributed by atoms with Crippen molar-refractivity contribution in [2.45, 2.75) is 32.7 Å². The highest BCUT2D eigenvalue weighted by molar-refractivity contribution is 5.95. The molecule has 2 N–H and O–H groups in total. The van der Waals surface area contributed by atoms with E-state index < -0.39 is 0 Å². The minimum absolute atomic E-state index is 0.0363. The summed E-state index contributed by atoms with van der Waals surface area (Å²) in [5.41, 5.74) is 0.705. The van der Waals surface area contributed by atoms with Gasteiger partial charge >= 0.3 is 0 Å². The zero-order valence-corrected chi connectivity index (χ0v) is 13.4. The fraction of sp³-hybridized carbons (Fsp3) is 0.588. The van der Waals surface area contributed by atoms with Crippen LogP contribution in [0.3, 0.4) is 0 Å². The third-order valence-electron chi connectivity index (χ3n) is 4.18. The van der Waals surface area contributed by atoms with Crippen LogP contribution in [0.25, 0.3) is 0 Å². The zero-order chi connectivity index (χ0) is 15.9. The number of hydrogen-bond donors (Lipinski definition) is 2. The predicted molar refractivity (Wildman–Crippen MR) is 87.1 cm³/mol. The van der Waals surface area contributed by atoms with E-state index in [4.69, 9.17) is 4.74 Å². The SMILES string of the molecule is CCOc1ccccc1NC(=O)C(C)N1CCCC(CO)C1. The molecule has 1 aromatic carbocycles. The summed E-state index contributed by atoms with van der Waals surface area (Å²) in [7, 11) is 0. The summed E-state index contributed by atoms with van der Waals surface area (Å²) in [6.07, 6.45) is 2.06. The maximum absolute atomic E-state index is 12.5. The molecule has 1 fully saturated rings. The van der Waals surface area contributed by atoms with Gasteiger partial charge in [-0.05, 0) is 51.3 Å². The Balaban J connectivity index is 1.99. The Labute approximate surface area is 132 Å². The molecule has 0 aliphatic carbocycles. The van der Waals surface area contributed by atoms with Gasteiger partial charge in [-0.1, -0.05) is 12.1 Å². The van der Waals surface area contributed by atoms with Gasteiger partial charge in [-0.2, -0.15) is 0 Å².